The van der Waals surface area contributed by atoms with Crippen molar-refractivity contribution in [1.29, 1.82) is 0 Å². The van der Waals surface area contributed by atoms with E-state index in [4.69, 9.17) is 4.74 Å². The van der Waals surface area contributed by atoms with Crippen LogP contribution in [0, 0.1) is 6.92 Å². The van der Waals surface area contributed by atoms with Gasteiger partial charge in [0, 0.05) is 5.69 Å². The van der Waals surface area contributed by atoms with Gasteiger partial charge in [-0.05, 0) is 13.3 Å². The lowest BCUT2D eigenvalue weighted by Gasteiger charge is -2.02. The van der Waals surface area contributed by atoms with Crippen molar-refractivity contribution in [2.45, 2.75) is 33.1 Å². The van der Waals surface area contributed by atoms with Crippen LogP contribution in [0.1, 0.15) is 41.6 Å². The van der Waals surface area contributed by atoms with Crippen LogP contribution in [0.15, 0.2) is 4.79 Å². The van der Waals surface area contributed by atoms with Gasteiger partial charge in [-0.15, -0.1) is 0 Å². The van der Waals surface area contributed by atoms with E-state index in [0.717, 1.165) is 30.6 Å². The molecule has 0 aliphatic rings. The predicted molar refractivity (Wildman–Crippen MR) is 59.5 cm³/mol. The molecule has 0 aromatic carbocycles. The zero-order valence-corrected chi connectivity index (χ0v) is 9.78. The lowest BCUT2D eigenvalue weighted by atomic mass is 10.3. The molecule has 15 heavy (non-hydrogen) atoms. The second kappa shape index (κ2) is 5.70. The van der Waals surface area contributed by atoms with Crippen molar-refractivity contribution >= 4 is 17.3 Å². The van der Waals surface area contributed by atoms with E-state index in [2.05, 4.69) is 11.9 Å². The average molecular weight is 229 g/mol. The molecule has 0 fully saturated rings. The van der Waals surface area contributed by atoms with E-state index in [1.807, 2.05) is 0 Å². The van der Waals surface area contributed by atoms with Crippen LogP contribution in [0.25, 0.3) is 0 Å². The Labute approximate surface area is 92.3 Å². The molecule has 0 unspecified atom stereocenters. The van der Waals surface area contributed by atoms with Gasteiger partial charge in [-0.1, -0.05) is 31.1 Å². The number of thiazole rings is 1. The summed E-state index contributed by atoms with van der Waals surface area (Å²) in [4.78, 5) is 25.1. The fourth-order valence-corrected chi connectivity index (χ4v) is 1.92. The molecule has 4 nitrogen and oxygen atoms in total. The number of rotatable bonds is 5. The lowest BCUT2D eigenvalue weighted by molar-refractivity contribution is 0.0503. The van der Waals surface area contributed by atoms with E-state index in [1.165, 1.54) is 0 Å². The Balaban J connectivity index is 2.47. The summed E-state index contributed by atoms with van der Waals surface area (Å²) in [5.41, 5.74) is 0.588. The highest BCUT2D eigenvalue weighted by atomic mass is 32.1. The fraction of sp³-hybridized carbons (Fsp3) is 0.600. The number of carbonyl (C=O) groups is 1. The summed E-state index contributed by atoms with van der Waals surface area (Å²) in [5.74, 6) is -0.396. The smallest absolute Gasteiger partial charge is 0.350 e. The first-order valence-corrected chi connectivity index (χ1v) is 5.83. The van der Waals surface area contributed by atoms with E-state index in [9.17, 15) is 9.59 Å². The molecule has 0 radical (unpaired) electrons. The molecule has 0 atom stereocenters. The van der Waals surface area contributed by atoms with Crippen LogP contribution in [0.3, 0.4) is 0 Å². The van der Waals surface area contributed by atoms with Crippen molar-refractivity contribution in [2.24, 2.45) is 0 Å². The zero-order chi connectivity index (χ0) is 11.3. The van der Waals surface area contributed by atoms with E-state index >= 15 is 0 Å². The summed E-state index contributed by atoms with van der Waals surface area (Å²) >= 11 is 0.901. The molecule has 0 spiro atoms. The predicted octanol–water partition coefficient (Wildman–Crippen LogP) is 2.09. The monoisotopic (exact) mass is 229 g/mol. The molecule has 1 N–H and O–H groups in total. The normalized spacial score (nSPS) is 10.3. The third kappa shape index (κ3) is 3.51. The fourth-order valence-electron chi connectivity index (χ4n) is 1.18. The van der Waals surface area contributed by atoms with Gasteiger partial charge in [0.05, 0.1) is 6.61 Å². The van der Waals surface area contributed by atoms with Crippen LogP contribution in [-0.2, 0) is 4.74 Å². The van der Waals surface area contributed by atoms with Crippen LogP contribution in [0.2, 0.25) is 0 Å². The van der Waals surface area contributed by atoms with E-state index in [-0.39, 0.29) is 4.87 Å². The summed E-state index contributed by atoms with van der Waals surface area (Å²) in [7, 11) is 0. The first-order chi connectivity index (χ1) is 7.15. The van der Waals surface area contributed by atoms with Gasteiger partial charge in [0.1, 0.15) is 4.88 Å². The van der Waals surface area contributed by atoms with Gasteiger partial charge in [0.15, 0.2) is 0 Å². The highest BCUT2D eigenvalue weighted by Crippen LogP contribution is 2.10. The Morgan fingerprint density at radius 1 is 1.47 bits per heavy atom. The first-order valence-electron chi connectivity index (χ1n) is 5.02. The summed E-state index contributed by atoms with van der Waals surface area (Å²) in [6.07, 6.45) is 3.02. The van der Waals surface area contributed by atoms with Crippen molar-refractivity contribution in [3.63, 3.8) is 0 Å². The number of aryl methyl sites for hydroxylation is 1. The Bertz CT molecular complexity index is 380. The molecule has 1 aromatic heterocycles. The van der Waals surface area contributed by atoms with Gasteiger partial charge < -0.3 is 9.72 Å². The van der Waals surface area contributed by atoms with Gasteiger partial charge in [-0.3, -0.25) is 4.79 Å². The first kappa shape index (κ1) is 12.0. The topological polar surface area (TPSA) is 59.2 Å². The largest absolute Gasteiger partial charge is 0.461 e. The molecule has 1 rings (SSSR count). The van der Waals surface area contributed by atoms with E-state index < -0.39 is 5.97 Å². The number of unbranched alkanes of at least 4 members (excludes halogenated alkanes) is 2. The van der Waals surface area contributed by atoms with Gasteiger partial charge in [-0.25, -0.2) is 4.79 Å². The van der Waals surface area contributed by atoms with Crippen LogP contribution >= 0.6 is 11.3 Å². The minimum absolute atomic E-state index is 0.215. The summed E-state index contributed by atoms with van der Waals surface area (Å²) < 4.78 is 5.04. The maximum Gasteiger partial charge on any atom is 0.350 e. The number of carbonyl (C=O) groups excluding carboxylic acids is 1. The SMILES string of the molecule is CCCCCOC(=O)c1sc(=O)[nH]c1C. The van der Waals surface area contributed by atoms with Crippen molar-refractivity contribution in [2.75, 3.05) is 6.61 Å². The molecule has 0 aliphatic heterocycles. The molecule has 1 heterocycles. The Kier molecular flexibility index (Phi) is 4.55. The Morgan fingerprint density at radius 2 is 2.20 bits per heavy atom. The summed E-state index contributed by atoms with van der Waals surface area (Å²) in [5, 5.41) is 0. The van der Waals surface area contributed by atoms with Crippen LogP contribution in [-0.4, -0.2) is 17.6 Å². The molecular weight excluding hydrogens is 214 g/mol. The highest BCUT2D eigenvalue weighted by Gasteiger charge is 2.13. The number of hydrogen-bond donors (Lipinski definition) is 1. The van der Waals surface area contributed by atoms with E-state index in [0.29, 0.717) is 17.2 Å². The van der Waals surface area contributed by atoms with Gasteiger partial charge in [0.25, 0.3) is 0 Å². The van der Waals surface area contributed by atoms with Crippen molar-refractivity contribution in [1.82, 2.24) is 4.98 Å². The Hall–Kier alpha value is -1.10. The van der Waals surface area contributed by atoms with Crippen molar-refractivity contribution in [3.8, 4) is 0 Å². The third-order valence-corrected chi connectivity index (χ3v) is 2.96. The zero-order valence-electron chi connectivity index (χ0n) is 8.96. The van der Waals surface area contributed by atoms with Crippen LogP contribution in [0.4, 0.5) is 0 Å². The number of ether oxygens (including phenoxy) is 1. The molecule has 0 saturated carbocycles. The highest BCUT2D eigenvalue weighted by molar-refractivity contribution is 7.11. The number of hydrogen-bond acceptors (Lipinski definition) is 4. The molecule has 0 amide bonds. The molecule has 1 aromatic rings. The molecule has 84 valence electrons. The second-order valence-corrected chi connectivity index (χ2v) is 4.29. The maximum atomic E-state index is 11.5. The summed E-state index contributed by atoms with van der Waals surface area (Å²) in [6, 6.07) is 0. The number of esters is 1. The average Bonchev–Trinajstić information content (AvgIpc) is 2.52. The minimum atomic E-state index is -0.396. The second-order valence-electron chi connectivity index (χ2n) is 3.31. The minimum Gasteiger partial charge on any atom is -0.461 e. The van der Waals surface area contributed by atoms with Gasteiger partial charge >= 0.3 is 10.8 Å². The molecule has 5 heteroatoms. The number of nitrogens with one attached hydrogen (secondary N) is 1. The quantitative estimate of drug-likeness (QED) is 0.621. The summed E-state index contributed by atoms with van der Waals surface area (Å²) in [6.45, 7) is 4.21. The van der Waals surface area contributed by atoms with Crippen molar-refractivity contribution in [3.05, 3.63) is 20.2 Å². The number of H-pyrrole nitrogens is 1. The molecular formula is C10H15NO3S. The lowest BCUT2D eigenvalue weighted by Crippen LogP contribution is -2.05. The molecule has 0 bridgehead atoms. The van der Waals surface area contributed by atoms with Crippen LogP contribution in [0.5, 0.6) is 0 Å². The molecule has 0 aliphatic carbocycles. The maximum absolute atomic E-state index is 11.5. The molecule has 0 saturated heterocycles. The number of aromatic nitrogens is 1. The van der Waals surface area contributed by atoms with E-state index in [1.54, 1.807) is 6.92 Å². The standard InChI is InChI=1S/C10H15NO3S/c1-3-4-5-6-14-9(12)8-7(2)11-10(13)15-8/h3-6H2,1-2H3,(H,11,13). The van der Waals surface area contributed by atoms with Crippen molar-refractivity contribution < 1.29 is 9.53 Å². The van der Waals surface area contributed by atoms with Gasteiger partial charge in [-0.2, -0.15) is 0 Å². The number of aromatic amines is 1. The van der Waals surface area contributed by atoms with Crippen LogP contribution < -0.4 is 4.87 Å². The third-order valence-electron chi connectivity index (χ3n) is 1.99. The van der Waals surface area contributed by atoms with Gasteiger partial charge in [0.2, 0.25) is 0 Å². The Morgan fingerprint density at radius 3 is 2.73 bits per heavy atom.